The molecule has 1 aromatic heterocycles. The van der Waals surface area contributed by atoms with E-state index in [1.165, 1.54) is 0 Å². The molecule has 0 saturated carbocycles. The van der Waals surface area contributed by atoms with Crippen LogP contribution in [-0.4, -0.2) is 17.6 Å². The lowest BCUT2D eigenvalue weighted by Crippen LogP contribution is -2.40. The summed E-state index contributed by atoms with van der Waals surface area (Å²) in [4.78, 5) is 11.8. The molecule has 0 radical (unpaired) electrons. The average Bonchev–Trinajstić information content (AvgIpc) is 2.62. The fourth-order valence-electron chi connectivity index (χ4n) is 1.60. The lowest BCUT2D eigenvalue weighted by Gasteiger charge is -2.24. The van der Waals surface area contributed by atoms with E-state index in [2.05, 4.69) is 5.32 Å². The van der Waals surface area contributed by atoms with Crippen LogP contribution in [0.3, 0.4) is 0 Å². The number of carbonyl (C=O) groups is 1. The van der Waals surface area contributed by atoms with Gasteiger partial charge in [0.2, 0.25) is 0 Å². The van der Waals surface area contributed by atoms with Gasteiger partial charge in [0.15, 0.2) is 0 Å². The second-order valence-electron chi connectivity index (χ2n) is 5.59. The lowest BCUT2D eigenvalue weighted by molar-refractivity contribution is -0.157. The Morgan fingerprint density at radius 3 is 2.39 bits per heavy atom. The molecule has 4 heteroatoms. The summed E-state index contributed by atoms with van der Waals surface area (Å²) in [6, 6.07) is 3.42. The summed E-state index contributed by atoms with van der Waals surface area (Å²) >= 11 is 0. The SMILES string of the molecule is Cc1ccc(C(C)NC(C)C(=O)OC(C)(C)C)o1. The second-order valence-corrected chi connectivity index (χ2v) is 5.59. The van der Waals surface area contributed by atoms with E-state index in [9.17, 15) is 4.79 Å². The van der Waals surface area contributed by atoms with Gasteiger partial charge in [-0.25, -0.2) is 0 Å². The zero-order chi connectivity index (χ0) is 13.9. The summed E-state index contributed by atoms with van der Waals surface area (Å²) in [5.41, 5.74) is -0.461. The number of esters is 1. The summed E-state index contributed by atoms with van der Waals surface area (Å²) in [5.74, 6) is 1.43. The van der Waals surface area contributed by atoms with Crippen molar-refractivity contribution in [3.05, 3.63) is 23.7 Å². The predicted molar refractivity (Wildman–Crippen MR) is 70.3 cm³/mol. The van der Waals surface area contributed by atoms with Crippen LogP contribution in [0, 0.1) is 6.92 Å². The predicted octanol–water partition coefficient (Wildman–Crippen LogP) is 2.97. The average molecular weight is 253 g/mol. The highest BCUT2D eigenvalue weighted by Crippen LogP contribution is 2.17. The Morgan fingerprint density at radius 2 is 1.94 bits per heavy atom. The van der Waals surface area contributed by atoms with Crippen molar-refractivity contribution in [1.29, 1.82) is 0 Å². The summed E-state index contributed by atoms with van der Waals surface area (Å²) in [6.45, 7) is 11.2. The number of aryl methyl sites for hydroxylation is 1. The number of hydrogen-bond donors (Lipinski definition) is 1. The van der Waals surface area contributed by atoms with Gasteiger partial charge in [0.1, 0.15) is 23.2 Å². The third-order valence-electron chi connectivity index (χ3n) is 2.45. The standard InChI is InChI=1S/C14H23NO3/c1-9-7-8-12(17-9)10(2)15-11(3)13(16)18-14(4,5)6/h7-8,10-11,15H,1-6H3. The molecule has 0 aromatic carbocycles. The van der Waals surface area contributed by atoms with E-state index >= 15 is 0 Å². The molecule has 2 unspecified atom stereocenters. The molecule has 4 nitrogen and oxygen atoms in total. The Bertz CT molecular complexity index is 403. The first-order valence-corrected chi connectivity index (χ1v) is 6.24. The minimum atomic E-state index is -0.461. The quantitative estimate of drug-likeness (QED) is 0.838. The highest BCUT2D eigenvalue weighted by Gasteiger charge is 2.23. The van der Waals surface area contributed by atoms with E-state index in [0.29, 0.717) is 0 Å². The van der Waals surface area contributed by atoms with Crippen molar-refractivity contribution in [3.8, 4) is 0 Å². The van der Waals surface area contributed by atoms with Crippen LogP contribution >= 0.6 is 0 Å². The fraction of sp³-hybridized carbons (Fsp3) is 0.643. The molecule has 0 aliphatic carbocycles. The number of carbonyl (C=O) groups excluding carboxylic acids is 1. The monoisotopic (exact) mass is 253 g/mol. The van der Waals surface area contributed by atoms with Crippen LogP contribution in [0.1, 0.15) is 52.2 Å². The number of hydrogen-bond acceptors (Lipinski definition) is 4. The molecule has 0 aliphatic heterocycles. The van der Waals surface area contributed by atoms with Gasteiger partial charge >= 0.3 is 5.97 Å². The van der Waals surface area contributed by atoms with E-state index in [4.69, 9.17) is 9.15 Å². The van der Waals surface area contributed by atoms with Gasteiger partial charge in [-0.05, 0) is 53.7 Å². The molecule has 0 saturated heterocycles. The molecule has 1 N–H and O–H groups in total. The Morgan fingerprint density at radius 1 is 1.33 bits per heavy atom. The molecular weight excluding hydrogens is 230 g/mol. The highest BCUT2D eigenvalue weighted by molar-refractivity contribution is 5.75. The largest absolute Gasteiger partial charge is 0.465 e. The van der Waals surface area contributed by atoms with Gasteiger partial charge < -0.3 is 9.15 Å². The Labute approximate surface area is 109 Å². The molecule has 102 valence electrons. The third kappa shape index (κ3) is 4.53. The first-order valence-electron chi connectivity index (χ1n) is 6.24. The van der Waals surface area contributed by atoms with Crippen molar-refractivity contribution >= 4 is 5.97 Å². The van der Waals surface area contributed by atoms with Gasteiger partial charge in [0.05, 0.1) is 6.04 Å². The molecular formula is C14H23NO3. The Balaban J connectivity index is 2.54. The van der Waals surface area contributed by atoms with Crippen LogP contribution < -0.4 is 5.32 Å². The summed E-state index contributed by atoms with van der Waals surface area (Å²) in [6.07, 6.45) is 0. The van der Waals surface area contributed by atoms with Crippen LogP contribution in [0.5, 0.6) is 0 Å². The van der Waals surface area contributed by atoms with Crippen molar-refractivity contribution in [3.63, 3.8) is 0 Å². The first-order chi connectivity index (χ1) is 8.19. The molecule has 1 aromatic rings. The lowest BCUT2D eigenvalue weighted by atomic mass is 10.2. The third-order valence-corrected chi connectivity index (χ3v) is 2.45. The molecule has 0 bridgehead atoms. The van der Waals surface area contributed by atoms with Crippen LogP contribution in [0.15, 0.2) is 16.5 Å². The first kappa shape index (κ1) is 14.8. The molecule has 0 spiro atoms. The van der Waals surface area contributed by atoms with Gasteiger partial charge in [-0.15, -0.1) is 0 Å². The molecule has 2 atom stereocenters. The van der Waals surface area contributed by atoms with E-state index in [1.54, 1.807) is 6.92 Å². The minimum Gasteiger partial charge on any atom is -0.465 e. The van der Waals surface area contributed by atoms with Gasteiger partial charge in [-0.2, -0.15) is 0 Å². The zero-order valence-electron chi connectivity index (χ0n) is 12.0. The van der Waals surface area contributed by atoms with E-state index < -0.39 is 5.60 Å². The van der Waals surface area contributed by atoms with Gasteiger partial charge in [0.25, 0.3) is 0 Å². The summed E-state index contributed by atoms with van der Waals surface area (Å²) in [5, 5.41) is 3.16. The number of furan rings is 1. The topological polar surface area (TPSA) is 51.5 Å². The van der Waals surface area contributed by atoms with Crippen molar-refractivity contribution in [2.24, 2.45) is 0 Å². The van der Waals surface area contributed by atoms with Crippen molar-refractivity contribution < 1.29 is 13.9 Å². The molecule has 1 heterocycles. The number of nitrogens with one attached hydrogen (secondary N) is 1. The summed E-state index contributed by atoms with van der Waals surface area (Å²) in [7, 11) is 0. The van der Waals surface area contributed by atoms with Crippen LogP contribution in [0.25, 0.3) is 0 Å². The van der Waals surface area contributed by atoms with Crippen LogP contribution in [-0.2, 0) is 9.53 Å². The van der Waals surface area contributed by atoms with Crippen LogP contribution in [0.2, 0.25) is 0 Å². The second kappa shape index (κ2) is 5.57. The smallest absolute Gasteiger partial charge is 0.323 e. The molecule has 0 fully saturated rings. The van der Waals surface area contributed by atoms with Crippen LogP contribution in [0.4, 0.5) is 0 Å². The maximum atomic E-state index is 11.8. The van der Waals surface area contributed by atoms with Gasteiger partial charge in [-0.1, -0.05) is 0 Å². The normalized spacial score (nSPS) is 15.2. The molecule has 1 rings (SSSR count). The van der Waals surface area contributed by atoms with Crippen molar-refractivity contribution in [2.45, 2.75) is 59.2 Å². The summed E-state index contributed by atoms with van der Waals surface area (Å²) < 4.78 is 10.8. The fourth-order valence-corrected chi connectivity index (χ4v) is 1.60. The molecule has 0 amide bonds. The maximum absolute atomic E-state index is 11.8. The maximum Gasteiger partial charge on any atom is 0.323 e. The van der Waals surface area contributed by atoms with Gasteiger partial charge in [0, 0.05) is 0 Å². The molecule has 18 heavy (non-hydrogen) atoms. The minimum absolute atomic E-state index is 0.0266. The Hall–Kier alpha value is -1.29. The molecule has 0 aliphatic rings. The van der Waals surface area contributed by atoms with E-state index in [0.717, 1.165) is 11.5 Å². The van der Waals surface area contributed by atoms with Crippen molar-refractivity contribution in [1.82, 2.24) is 5.32 Å². The van der Waals surface area contributed by atoms with E-state index in [-0.39, 0.29) is 18.1 Å². The Kier molecular flexibility index (Phi) is 4.57. The van der Waals surface area contributed by atoms with Crippen molar-refractivity contribution in [2.75, 3.05) is 0 Å². The van der Waals surface area contributed by atoms with E-state index in [1.807, 2.05) is 46.8 Å². The number of ether oxygens (including phenoxy) is 1. The zero-order valence-corrected chi connectivity index (χ0v) is 12.0. The highest BCUT2D eigenvalue weighted by atomic mass is 16.6. The number of rotatable bonds is 4. The van der Waals surface area contributed by atoms with Gasteiger partial charge in [-0.3, -0.25) is 10.1 Å².